The number of hydrogen-bond donors (Lipinski definition) is 0. The third-order valence-electron chi connectivity index (χ3n) is 2.84. The molecule has 0 heterocycles. The van der Waals surface area contributed by atoms with Gasteiger partial charge in [0.05, 0.1) is 0 Å². The van der Waals surface area contributed by atoms with Gasteiger partial charge >= 0.3 is 6.18 Å². The Hall–Kier alpha value is -2.10. The van der Waals surface area contributed by atoms with Crippen molar-refractivity contribution >= 4 is 5.78 Å². The van der Waals surface area contributed by atoms with Crippen LogP contribution in [0.4, 0.5) is 13.2 Å². The van der Waals surface area contributed by atoms with Crippen LogP contribution in [0.3, 0.4) is 0 Å². The highest BCUT2D eigenvalue weighted by atomic mass is 19.4. The number of alkyl halides is 3. The number of benzene rings is 2. The van der Waals surface area contributed by atoms with Gasteiger partial charge in [0.1, 0.15) is 0 Å². The molecule has 0 saturated carbocycles. The summed E-state index contributed by atoms with van der Waals surface area (Å²) < 4.78 is 37.2. The quantitative estimate of drug-likeness (QED) is 0.734. The second kappa shape index (κ2) is 4.88. The lowest BCUT2D eigenvalue weighted by molar-refractivity contribution is -0.0885. The summed E-state index contributed by atoms with van der Waals surface area (Å²) in [4.78, 5) is 11.2. The Kier molecular flexibility index (Phi) is 3.42. The molecular weight excluding hydrogens is 253 g/mol. The predicted octanol–water partition coefficient (Wildman–Crippen LogP) is 4.41. The first kappa shape index (κ1) is 13.3. The Labute approximate surface area is 108 Å². The van der Waals surface area contributed by atoms with E-state index in [4.69, 9.17) is 0 Å². The molecule has 0 aliphatic heterocycles. The van der Waals surface area contributed by atoms with E-state index in [9.17, 15) is 18.0 Å². The maximum absolute atomic E-state index is 12.4. The molecule has 19 heavy (non-hydrogen) atoms. The molecule has 98 valence electrons. The van der Waals surface area contributed by atoms with Gasteiger partial charge in [-0.25, -0.2) is 0 Å². The molecule has 0 N–H and O–H groups in total. The van der Waals surface area contributed by atoms with E-state index in [1.165, 1.54) is 19.1 Å². The molecule has 0 atom stereocenters. The van der Waals surface area contributed by atoms with Gasteiger partial charge in [-0.2, -0.15) is 13.2 Å². The molecule has 0 amide bonds. The van der Waals surface area contributed by atoms with Crippen LogP contribution in [0, 0.1) is 6.92 Å². The van der Waals surface area contributed by atoms with Crippen molar-refractivity contribution in [2.45, 2.75) is 13.1 Å². The van der Waals surface area contributed by atoms with Crippen molar-refractivity contribution < 1.29 is 18.0 Å². The Bertz CT molecular complexity index is 601. The zero-order valence-corrected chi connectivity index (χ0v) is 10.2. The molecule has 4 heteroatoms. The molecule has 0 fully saturated rings. The number of halogens is 3. The minimum atomic E-state index is -4.83. The van der Waals surface area contributed by atoms with Gasteiger partial charge in [-0.1, -0.05) is 48.5 Å². The van der Waals surface area contributed by atoms with E-state index in [1.807, 2.05) is 30.3 Å². The Balaban J connectivity index is 2.41. The number of Topliss-reactive ketones (excluding diaryl/α,β-unsaturated/α-hetero) is 1. The van der Waals surface area contributed by atoms with Gasteiger partial charge in [0, 0.05) is 5.56 Å². The topological polar surface area (TPSA) is 17.1 Å². The fourth-order valence-electron chi connectivity index (χ4n) is 1.88. The highest BCUT2D eigenvalue weighted by molar-refractivity contribution is 6.01. The smallest absolute Gasteiger partial charge is 0.284 e. The molecule has 2 aromatic carbocycles. The van der Waals surface area contributed by atoms with Crippen LogP contribution >= 0.6 is 0 Å². The maximum atomic E-state index is 12.4. The standard InChI is InChI=1S/C15H11F3O/c1-10-9-12(11-5-3-2-4-6-11)7-8-13(10)14(19)15(16,17)18/h2-9H,1H3. The first-order valence-electron chi connectivity index (χ1n) is 5.67. The number of aryl methyl sites for hydroxylation is 1. The molecule has 0 aromatic heterocycles. The highest BCUT2D eigenvalue weighted by Gasteiger charge is 2.39. The van der Waals surface area contributed by atoms with E-state index >= 15 is 0 Å². The van der Waals surface area contributed by atoms with Crippen molar-refractivity contribution in [3.05, 3.63) is 59.7 Å². The van der Waals surface area contributed by atoms with Crippen LogP contribution in [0.1, 0.15) is 15.9 Å². The summed E-state index contributed by atoms with van der Waals surface area (Å²) in [6.07, 6.45) is -4.83. The number of carbonyl (C=O) groups is 1. The summed E-state index contributed by atoms with van der Waals surface area (Å²) in [6, 6.07) is 13.6. The van der Waals surface area contributed by atoms with Crippen molar-refractivity contribution in [3.63, 3.8) is 0 Å². The second-order valence-electron chi connectivity index (χ2n) is 4.22. The minimum absolute atomic E-state index is 0.299. The van der Waals surface area contributed by atoms with Crippen molar-refractivity contribution in [1.82, 2.24) is 0 Å². The average Bonchev–Trinajstić information content (AvgIpc) is 2.38. The van der Waals surface area contributed by atoms with E-state index in [0.717, 1.165) is 11.1 Å². The summed E-state index contributed by atoms with van der Waals surface area (Å²) in [7, 11) is 0. The SMILES string of the molecule is Cc1cc(-c2ccccc2)ccc1C(=O)C(F)(F)F. The van der Waals surface area contributed by atoms with Crippen LogP contribution in [0.2, 0.25) is 0 Å². The Morgan fingerprint density at radius 2 is 1.58 bits per heavy atom. The number of ketones is 1. The fourth-order valence-corrected chi connectivity index (χ4v) is 1.88. The van der Waals surface area contributed by atoms with E-state index in [1.54, 1.807) is 6.07 Å². The van der Waals surface area contributed by atoms with Crippen molar-refractivity contribution in [2.75, 3.05) is 0 Å². The van der Waals surface area contributed by atoms with Gasteiger partial charge < -0.3 is 0 Å². The van der Waals surface area contributed by atoms with Crippen LogP contribution in [0.5, 0.6) is 0 Å². The molecule has 1 nitrogen and oxygen atoms in total. The summed E-state index contributed by atoms with van der Waals surface area (Å²) in [6.45, 7) is 1.51. The van der Waals surface area contributed by atoms with Crippen LogP contribution in [-0.4, -0.2) is 12.0 Å². The van der Waals surface area contributed by atoms with Gasteiger partial charge in [0.2, 0.25) is 0 Å². The maximum Gasteiger partial charge on any atom is 0.454 e. The monoisotopic (exact) mass is 264 g/mol. The van der Waals surface area contributed by atoms with Gasteiger partial charge in [-0.05, 0) is 23.6 Å². The lowest BCUT2D eigenvalue weighted by atomic mass is 9.98. The van der Waals surface area contributed by atoms with Crippen molar-refractivity contribution in [3.8, 4) is 11.1 Å². The molecule has 0 unspecified atom stereocenters. The third-order valence-corrected chi connectivity index (χ3v) is 2.84. The summed E-state index contributed by atoms with van der Waals surface area (Å²) in [5, 5.41) is 0. The van der Waals surface area contributed by atoms with Crippen LogP contribution in [0.15, 0.2) is 48.5 Å². The van der Waals surface area contributed by atoms with E-state index in [2.05, 4.69) is 0 Å². The number of hydrogen-bond acceptors (Lipinski definition) is 1. The first-order valence-corrected chi connectivity index (χ1v) is 5.67. The molecular formula is C15H11F3O. The molecule has 0 radical (unpaired) electrons. The largest absolute Gasteiger partial charge is 0.454 e. The number of carbonyl (C=O) groups excluding carboxylic acids is 1. The van der Waals surface area contributed by atoms with E-state index in [-0.39, 0.29) is 5.56 Å². The molecule has 2 rings (SSSR count). The zero-order chi connectivity index (χ0) is 14.0. The number of rotatable bonds is 2. The molecule has 2 aromatic rings. The van der Waals surface area contributed by atoms with E-state index in [0.29, 0.717) is 5.56 Å². The van der Waals surface area contributed by atoms with Crippen LogP contribution < -0.4 is 0 Å². The fraction of sp³-hybridized carbons (Fsp3) is 0.133. The molecule has 0 aliphatic rings. The first-order chi connectivity index (χ1) is 8.89. The molecule has 0 bridgehead atoms. The van der Waals surface area contributed by atoms with Crippen LogP contribution in [0.25, 0.3) is 11.1 Å². The third kappa shape index (κ3) is 2.84. The summed E-state index contributed by atoms with van der Waals surface area (Å²) in [5.41, 5.74) is 1.71. The van der Waals surface area contributed by atoms with Crippen LogP contribution in [-0.2, 0) is 0 Å². The lowest BCUT2D eigenvalue weighted by Gasteiger charge is -2.10. The Morgan fingerprint density at radius 1 is 0.947 bits per heavy atom. The van der Waals surface area contributed by atoms with E-state index < -0.39 is 12.0 Å². The normalized spacial score (nSPS) is 11.4. The van der Waals surface area contributed by atoms with Crippen molar-refractivity contribution in [2.24, 2.45) is 0 Å². The summed E-state index contributed by atoms with van der Waals surface area (Å²) >= 11 is 0. The minimum Gasteiger partial charge on any atom is -0.284 e. The lowest BCUT2D eigenvalue weighted by Crippen LogP contribution is -2.23. The highest BCUT2D eigenvalue weighted by Crippen LogP contribution is 2.27. The van der Waals surface area contributed by atoms with Crippen molar-refractivity contribution in [1.29, 1.82) is 0 Å². The second-order valence-corrected chi connectivity index (χ2v) is 4.22. The van der Waals surface area contributed by atoms with Gasteiger partial charge in [-0.15, -0.1) is 0 Å². The predicted molar refractivity (Wildman–Crippen MR) is 67.0 cm³/mol. The van der Waals surface area contributed by atoms with Gasteiger partial charge in [0.25, 0.3) is 5.78 Å². The molecule has 0 aliphatic carbocycles. The van der Waals surface area contributed by atoms with Gasteiger partial charge in [0.15, 0.2) is 0 Å². The Morgan fingerprint density at radius 3 is 2.11 bits per heavy atom. The average molecular weight is 264 g/mol. The molecule has 0 spiro atoms. The summed E-state index contributed by atoms with van der Waals surface area (Å²) in [5.74, 6) is -1.80. The van der Waals surface area contributed by atoms with Gasteiger partial charge in [-0.3, -0.25) is 4.79 Å². The molecule has 0 saturated heterocycles. The zero-order valence-electron chi connectivity index (χ0n) is 10.2.